The lowest BCUT2D eigenvalue weighted by molar-refractivity contribution is -0.143. The van der Waals surface area contributed by atoms with E-state index in [1.54, 1.807) is 0 Å². The molecule has 3 aromatic carbocycles. The molecule has 4 amide bonds. The Kier molecular flexibility index (Phi) is 18.3. The highest BCUT2D eigenvalue weighted by molar-refractivity contribution is 7.87. The molecule has 1 aromatic heterocycles. The number of aromatic nitrogens is 2. The van der Waals surface area contributed by atoms with E-state index in [-0.39, 0.29) is 76.8 Å². The first-order chi connectivity index (χ1) is 33.8. The number of alkyl halides is 2. The molecular formula is C46H58F2N10O13S. The zero-order valence-electron chi connectivity index (χ0n) is 39.8. The van der Waals surface area contributed by atoms with Crippen molar-refractivity contribution in [2.45, 2.75) is 76.4 Å². The molecule has 23 nitrogen and oxygen atoms in total. The van der Waals surface area contributed by atoms with Crippen molar-refractivity contribution in [1.82, 2.24) is 35.5 Å². The van der Waals surface area contributed by atoms with Crippen LogP contribution in [0.1, 0.15) is 59.6 Å². The average Bonchev–Trinajstić information content (AvgIpc) is 3.33. The maximum Gasteiger partial charge on any atom is 0.326 e. The number of carbonyl (C=O) groups excluding carboxylic acids is 4. The molecule has 1 aliphatic rings. The van der Waals surface area contributed by atoms with Gasteiger partial charge in [-0.05, 0) is 49.2 Å². The highest BCUT2D eigenvalue weighted by atomic mass is 32.2. The summed E-state index contributed by atoms with van der Waals surface area (Å²) in [7, 11) is -3.47. The number of hydrogen-bond donors (Lipinski definition) is 11. The number of aryl methyl sites for hydroxylation is 1. The van der Waals surface area contributed by atoms with Gasteiger partial charge in [0.1, 0.15) is 55.3 Å². The number of phenols is 1. The van der Waals surface area contributed by atoms with Crippen LogP contribution in [0.3, 0.4) is 0 Å². The van der Waals surface area contributed by atoms with Gasteiger partial charge in [0.2, 0.25) is 17.7 Å². The Morgan fingerprint density at radius 3 is 2.14 bits per heavy atom. The fourth-order valence-corrected chi connectivity index (χ4v) is 7.70. The second kappa shape index (κ2) is 23.5. The van der Waals surface area contributed by atoms with Crippen LogP contribution in [0.25, 0.3) is 22.5 Å². The zero-order chi connectivity index (χ0) is 53.4. The van der Waals surface area contributed by atoms with Crippen LogP contribution < -0.4 is 46.8 Å². The van der Waals surface area contributed by atoms with Gasteiger partial charge in [0.25, 0.3) is 22.0 Å². The van der Waals surface area contributed by atoms with Gasteiger partial charge in [-0.2, -0.15) is 13.1 Å². The predicted molar refractivity (Wildman–Crippen MR) is 254 cm³/mol. The molecular weight excluding hydrogens is 971 g/mol. The Hall–Kier alpha value is -6.94. The topological polar surface area (TPSA) is 374 Å². The lowest BCUT2D eigenvalue weighted by Gasteiger charge is -2.33. The van der Waals surface area contributed by atoms with Gasteiger partial charge in [-0.3, -0.25) is 19.2 Å². The van der Waals surface area contributed by atoms with Crippen LogP contribution in [-0.4, -0.2) is 144 Å². The fraction of sp³-hybridized carbons (Fsp3) is 0.413. The largest absolute Gasteiger partial charge is 0.504 e. The third kappa shape index (κ3) is 13.7. The standard InChI is InChI=1S/C46H58F2N10O13S/c1-22(2)46(47,48)28-9-7-26(8-10-28)40-52-18-33(23(3)54-40)42(63)57-35(19-53-72(51,68)69)44(65)58(5)38-27-14-32(39(61)37(15-27)71-21-30(60)17-50)31-12-25(6-11-36(31)70-20-29(59)16-49)13-34(45(66)67)56-41(62)24(4)55-43(38)64/h6-12,14-15,18,22,24,29-30,34-35,38,53,59-61H,13,16-17,19-21,49-50H2,1-5H3,(H,55,64)(H,56,62)(H,57,63)(H,66,67)(H2,51,68,69)/t24-,29+,30+,34-,35-,38-/m0/s1. The molecule has 6 atom stereocenters. The van der Waals surface area contributed by atoms with E-state index in [1.165, 1.54) is 76.2 Å². The number of aromatic hydroxyl groups is 1. The molecule has 0 saturated heterocycles. The molecule has 4 aromatic rings. The molecule has 72 heavy (non-hydrogen) atoms. The number of nitrogens with one attached hydrogen (secondary N) is 4. The first-order valence-corrected chi connectivity index (χ1v) is 23.8. The van der Waals surface area contributed by atoms with Crippen molar-refractivity contribution in [3.8, 4) is 39.8 Å². The van der Waals surface area contributed by atoms with E-state index in [0.717, 1.165) is 24.2 Å². The maximum atomic E-state index is 14.8. The van der Waals surface area contributed by atoms with Crippen molar-refractivity contribution in [2.24, 2.45) is 22.5 Å². The van der Waals surface area contributed by atoms with Gasteiger partial charge in [0.05, 0.1) is 11.3 Å². The van der Waals surface area contributed by atoms with Crippen LogP contribution in [0.4, 0.5) is 8.78 Å². The van der Waals surface area contributed by atoms with Crippen molar-refractivity contribution in [2.75, 3.05) is 39.9 Å². The lowest BCUT2D eigenvalue weighted by atomic mass is 9.93. The minimum atomic E-state index is -4.56. The molecule has 0 aliphatic carbocycles. The number of aliphatic hydroxyl groups excluding tert-OH is 2. The number of carboxylic acid groups (broad SMARTS) is 1. The number of hydrogen-bond acceptors (Lipinski definition) is 16. The SMILES string of the molecule is Cc1nc(-c2ccc(C(F)(F)C(C)C)cc2)ncc1C(=O)N[C@@H](CNS(N)(=O)=O)C(=O)N(C)[C@@H]1C(=O)N[C@@H](C)C(=O)N[C@H](C(=O)O)Cc2ccc(OC[C@H](O)CN)c(c2)-c2cc1cc(OC[C@H](O)CN)c2O. The van der Waals surface area contributed by atoms with E-state index in [9.17, 15) is 61.6 Å². The molecule has 4 bridgehead atoms. The number of phenolic OH excluding ortho intramolecular Hbond substituents is 1. The molecule has 2 heterocycles. The number of carboxylic acids is 1. The Balaban J connectivity index is 1.64. The Bertz CT molecular complexity index is 2770. The molecule has 0 unspecified atom stereocenters. The summed E-state index contributed by atoms with van der Waals surface area (Å²) in [4.78, 5) is 78.8. The summed E-state index contributed by atoms with van der Waals surface area (Å²) in [5.74, 6) is -10.8. The van der Waals surface area contributed by atoms with Gasteiger partial charge in [0.15, 0.2) is 17.3 Å². The summed E-state index contributed by atoms with van der Waals surface area (Å²) in [6, 6.07) is 5.08. The number of rotatable bonds is 19. The summed E-state index contributed by atoms with van der Waals surface area (Å²) < 4.78 is 67.4. The van der Waals surface area contributed by atoms with Gasteiger partial charge >= 0.3 is 5.97 Å². The van der Waals surface area contributed by atoms with Crippen LogP contribution in [0.15, 0.2) is 60.8 Å². The average molecular weight is 1030 g/mol. The van der Waals surface area contributed by atoms with Crippen LogP contribution >= 0.6 is 0 Å². The molecule has 14 N–H and O–H groups in total. The minimum absolute atomic E-state index is 0.0120. The van der Waals surface area contributed by atoms with Gasteiger partial charge in [-0.1, -0.05) is 44.2 Å². The highest BCUT2D eigenvalue weighted by Gasteiger charge is 2.38. The van der Waals surface area contributed by atoms with Crippen molar-refractivity contribution in [3.63, 3.8) is 0 Å². The monoisotopic (exact) mass is 1030 g/mol. The van der Waals surface area contributed by atoms with Crippen LogP contribution in [0, 0.1) is 12.8 Å². The molecule has 26 heteroatoms. The Labute approximate surface area is 412 Å². The van der Waals surface area contributed by atoms with Crippen molar-refractivity contribution in [3.05, 3.63) is 88.7 Å². The Morgan fingerprint density at radius 2 is 1.57 bits per heavy atom. The second-order valence-electron chi connectivity index (χ2n) is 17.3. The molecule has 390 valence electrons. The van der Waals surface area contributed by atoms with Crippen molar-refractivity contribution < 1.29 is 71.1 Å². The number of amides is 4. The van der Waals surface area contributed by atoms with Gasteiger partial charge in [-0.15, -0.1) is 0 Å². The number of halogens is 2. The summed E-state index contributed by atoms with van der Waals surface area (Å²) >= 11 is 0. The quantitative estimate of drug-likeness (QED) is 0.0574. The highest BCUT2D eigenvalue weighted by Crippen LogP contribution is 2.45. The Morgan fingerprint density at radius 1 is 0.944 bits per heavy atom. The van der Waals surface area contributed by atoms with E-state index in [0.29, 0.717) is 5.56 Å². The van der Waals surface area contributed by atoms with E-state index in [4.69, 9.17) is 26.1 Å². The number of fused-ring (bicyclic) bond motifs is 5. The number of aliphatic carboxylic acids is 1. The molecule has 0 spiro atoms. The van der Waals surface area contributed by atoms with Crippen LogP contribution in [0.2, 0.25) is 0 Å². The normalized spacial score (nSPS) is 17.7. The molecule has 0 radical (unpaired) electrons. The van der Waals surface area contributed by atoms with Crippen LogP contribution in [-0.2, 0) is 41.7 Å². The number of nitrogens with zero attached hydrogens (tertiary/aromatic N) is 3. The summed E-state index contributed by atoms with van der Waals surface area (Å²) in [5, 5.41) is 55.1. The molecule has 0 saturated carbocycles. The first kappa shape index (κ1) is 56.0. The lowest BCUT2D eigenvalue weighted by Crippen LogP contribution is -2.57. The maximum absolute atomic E-state index is 14.8. The number of aliphatic hydroxyl groups is 2. The van der Waals surface area contributed by atoms with E-state index >= 15 is 0 Å². The van der Waals surface area contributed by atoms with E-state index in [1.807, 2.05) is 4.72 Å². The van der Waals surface area contributed by atoms with Gasteiger partial charge in [-0.25, -0.2) is 28.7 Å². The van der Waals surface area contributed by atoms with Crippen LogP contribution in [0.5, 0.6) is 17.2 Å². The third-order valence-corrected chi connectivity index (χ3v) is 12.1. The number of nitrogens with two attached hydrogens (primary N) is 3. The minimum Gasteiger partial charge on any atom is -0.504 e. The zero-order valence-corrected chi connectivity index (χ0v) is 40.6. The summed E-state index contributed by atoms with van der Waals surface area (Å²) in [5.41, 5.74) is 11.1. The third-order valence-electron chi connectivity index (χ3n) is 11.5. The summed E-state index contributed by atoms with van der Waals surface area (Å²) in [6.07, 6.45) is -1.67. The molecule has 1 aliphatic heterocycles. The number of benzene rings is 3. The van der Waals surface area contributed by atoms with Crippen molar-refractivity contribution >= 4 is 39.8 Å². The van der Waals surface area contributed by atoms with Gasteiger partial charge < -0.3 is 62.2 Å². The molecule has 0 fully saturated rings. The van der Waals surface area contributed by atoms with E-state index < -0.39 is 113 Å². The summed E-state index contributed by atoms with van der Waals surface area (Å²) in [6.45, 7) is 3.14. The smallest absolute Gasteiger partial charge is 0.326 e. The second-order valence-corrected chi connectivity index (χ2v) is 18.7. The van der Waals surface area contributed by atoms with E-state index in [2.05, 4.69) is 25.9 Å². The van der Waals surface area contributed by atoms with Gasteiger partial charge in [0, 0.05) is 67.5 Å². The number of ether oxygens (including phenoxy) is 2. The number of likely N-dealkylation sites (N-methyl/N-ethyl adjacent to an activating group) is 1. The molecule has 5 rings (SSSR count). The predicted octanol–water partition coefficient (Wildman–Crippen LogP) is -0.309. The van der Waals surface area contributed by atoms with Crippen molar-refractivity contribution in [1.29, 1.82) is 0 Å². The fourth-order valence-electron chi connectivity index (χ4n) is 7.30. The number of carbonyl (C=O) groups is 5. The first-order valence-electron chi connectivity index (χ1n) is 22.3.